The molecule has 0 saturated carbocycles. The first kappa shape index (κ1) is 23.4. The van der Waals surface area contributed by atoms with Gasteiger partial charge in [0.2, 0.25) is 5.76 Å². The molecule has 0 aliphatic carbocycles. The first-order chi connectivity index (χ1) is 17.1. The normalized spacial score (nSPS) is 11.3. The largest absolute Gasteiger partial charge is 0.457 e. The van der Waals surface area contributed by atoms with Crippen LogP contribution in [0.15, 0.2) is 106 Å². The van der Waals surface area contributed by atoms with Crippen molar-refractivity contribution in [1.82, 2.24) is 10.7 Å². The fraction of sp³-hybridized carbons (Fsp3) is 0. The third-order valence-corrected chi connectivity index (χ3v) is 5.39. The molecule has 2 aromatic carbocycles. The van der Waals surface area contributed by atoms with Crippen LogP contribution in [0.25, 0.3) is 6.08 Å². The van der Waals surface area contributed by atoms with Crippen molar-refractivity contribution in [2.45, 2.75) is 0 Å². The molecule has 174 valence electrons. The molecular weight excluding hydrogens is 466 g/mol. The van der Waals surface area contributed by atoms with Gasteiger partial charge in [0, 0.05) is 16.0 Å². The third-order valence-electron chi connectivity index (χ3n) is 4.57. The Morgan fingerprint density at radius 2 is 1.71 bits per heavy atom. The molecule has 0 atom stereocenters. The molecule has 2 N–H and O–H groups in total. The van der Waals surface area contributed by atoms with Crippen LogP contribution in [0.5, 0.6) is 5.75 Å². The molecule has 2 heterocycles. The van der Waals surface area contributed by atoms with E-state index in [0.29, 0.717) is 11.1 Å². The lowest BCUT2D eigenvalue weighted by atomic mass is 10.2. The molecule has 0 bridgehead atoms. The van der Waals surface area contributed by atoms with Crippen molar-refractivity contribution in [1.29, 1.82) is 0 Å². The predicted molar refractivity (Wildman–Crippen MR) is 132 cm³/mol. The highest BCUT2D eigenvalue weighted by molar-refractivity contribution is 7.10. The first-order valence-electron chi connectivity index (χ1n) is 10.4. The number of esters is 1. The number of carbonyl (C=O) groups excluding carboxylic acids is 3. The van der Waals surface area contributed by atoms with Crippen LogP contribution in [0.2, 0.25) is 0 Å². The number of hydrogen-bond acceptors (Lipinski definition) is 7. The van der Waals surface area contributed by atoms with Crippen molar-refractivity contribution in [3.63, 3.8) is 0 Å². The zero-order valence-electron chi connectivity index (χ0n) is 18.2. The average Bonchev–Trinajstić information content (AvgIpc) is 3.60. The summed E-state index contributed by atoms with van der Waals surface area (Å²) >= 11 is 1.42. The van der Waals surface area contributed by atoms with Crippen LogP contribution < -0.4 is 15.5 Å². The van der Waals surface area contributed by atoms with Gasteiger partial charge in [-0.2, -0.15) is 5.10 Å². The van der Waals surface area contributed by atoms with E-state index in [0.717, 1.165) is 4.88 Å². The van der Waals surface area contributed by atoms with E-state index in [9.17, 15) is 14.4 Å². The Labute approximate surface area is 204 Å². The lowest BCUT2D eigenvalue weighted by Crippen LogP contribution is -2.32. The Kier molecular flexibility index (Phi) is 7.62. The minimum absolute atomic E-state index is 0.0241. The topological polar surface area (TPSA) is 110 Å². The Balaban J connectivity index is 1.47. The van der Waals surface area contributed by atoms with Crippen molar-refractivity contribution in [3.05, 3.63) is 118 Å². The zero-order valence-corrected chi connectivity index (χ0v) is 19.0. The fourth-order valence-corrected chi connectivity index (χ4v) is 3.56. The lowest BCUT2D eigenvalue weighted by molar-refractivity contribution is -0.117. The maximum absolute atomic E-state index is 12.8. The molecule has 0 aliphatic rings. The van der Waals surface area contributed by atoms with E-state index in [1.165, 1.54) is 29.9 Å². The molecule has 0 aliphatic heterocycles. The monoisotopic (exact) mass is 485 g/mol. The number of furan rings is 1. The van der Waals surface area contributed by atoms with Crippen molar-refractivity contribution >= 4 is 41.4 Å². The molecule has 9 heteroatoms. The molecule has 4 rings (SSSR count). The summed E-state index contributed by atoms with van der Waals surface area (Å²) < 4.78 is 10.4. The van der Waals surface area contributed by atoms with E-state index in [1.807, 2.05) is 17.5 Å². The van der Waals surface area contributed by atoms with Crippen molar-refractivity contribution in [2.24, 2.45) is 5.10 Å². The Morgan fingerprint density at radius 3 is 2.46 bits per heavy atom. The second-order valence-corrected chi connectivity index (χ2v) is 7.98. The minimum Gasteiger partial charge on any atom is -0.457 e. The Morgan fingerprint density at radius 1 is 0.914 bits per heavy atom. The molecule has 0 saturated heterocycles. The maximum Gasteiger partial charge on any atom is 0.379 e. The summed E-state index contributed by atoms with van der Waals surface area (Å²) in [6.45, 7) is 0. The smallest absolute Gasteiger partial charge is 0.379 e. The molecule has 0 radical (unpaired) electrons. The third kappa shape index (κ3) is 6.40. The number of amides is 2. The number of thiophene rings is 1. The van der Waals surface area contributed by atoms with Gasteiger partial charge in [-0.15, -0.1) is 11.3 Å². The van der Waals surface area contributed by atoms with Crippen LogP contribution in [0.4, 0.5) is 0 Å². The molecular formula is C26H19N3O5S. The molecule has 2 aromatic heterocycles. The van der Waals surface area contributed by atoms with Gasteiger partial charge >= 0.3 is 5.97 Å². The molecule has 4 aromatic rings. The van der Waals surface area contributed by atoms with Crippen LogP contribution in [0.1, 0.15) is 31.4 Å². The zero-order chi connectivity index (χ0) is 24.5. The van der Waals surface area contributed by atoms with Gasteiger partial charge in [0.05, 0.1) is 12.5 Å². The molecule has 8 nitrogen and oxygen atoms in total. The maximum atomic E-state index is 12.8. The van der Waals surface area contributed by atoms with Gasteiger partial charge < -0.3 is 14.5 Å². The highest BCUT2D eigenvalue weighted by atomic mass is 32.1. The first-order valence-corrected chi connectivity index (χ1v) is 11.3. The van der Waals surface area contributed by atoms with Crippen molar-refractivity contribution in [3.8, 4) is 5.75 Å². The number of ether oxygens (including phenoxy) is 1. The molecule has 0 unspecified atom stereocenters. The van der Waals surface area contributed by atoms with E-state index in [4.69, 9.17) is 9.15 Å². The predicted octanol–water partition coefficient (Wildman–Crippen LogP) is 4.48. The summed E-state index contributed by atoms with van der Waals surface area (Å²) in [4.78, 5) is 38.4. The van der Waals surface area contributed by atoms with Gasteiger partial charge in [-0.25, -0.2) is 10.2 Å². The standard InChI is InChI=1S/C26H19N3O5S/c30-24(18-8-2-1-3-9-18)28-21(16-20-11-7-15-35-20)25(31)29-27-17-19-10-4-5-12-22(19)34-26(32)23-13-6-14-33-23/h1-17H,(H,28,30)(H,29,31). The van der Waals surface area contributed by atoms with E-state index in [2.05, 4.69) is 15.8 Å². The van der Waals surface area contributed by atoms with E-state index in [1.54, 1.807) is 66.7 Å². The van der Waals surface area contributed by atoms with Gasteiger partial charge in [0.1, 0.15) is 11.4 Å². The number of hydrazone groups is 1. The van der Waals surface area contributed by atoms with Crippen molar-refractivity contribution in [2.75, 3.05) is 0 Å². The van der Waals surface area contributed by atoms with Gasteiger partial charge in [0.25, 0.3) is 11.8 Å². The van der Waals surface area contributed by atoms with Crippen molar-refractivity contribution < 1.29 is 23.5 Å². The molecule has 2 amide bonds. The number of hydrogen-bond donors (Lipinski definition) is 2. The van der Waals surface area contributed by atoms with Gasteiger partial charge in [-0.3, -0.25) is 9.59 Å². The quantitative estimate of drug-likeness (QED) is 0.126. The summed E-state index contributed by atoms with van der Waals surface area (Å²) in [5.74, 6) is -1.42. The van der Waals surface area contributed by atoms with Crippen LogP contribution in [-0.2, 0) is 4.79 Å². The lowest BCUT2D eigenvalue weighted by Gasteiger charge is -2.09. The molecule has 35 heavy (non-hydrogen) atoms. The number of nitrogens with zero attached hydrogens (tertiary/aromatic N) is 1. The minimum atomic E-state index is -0.662. The number of nitrogens with one attached hydrogen (secondary N) is 2. The van der Waals surface area contributed by atoms with E-state index >= 15 is 0 Å². The number of para-hydroxylation sites is 1. The van der Waals surface area contributed by atoms with Gasteiger partial charge in [-0.05, 0) is 53.9 Å². The number of rotatable bonds is 8. The molecule has 0 spiro atoms. The van der Waals surface area contributed by atoms with E-state index in [-0.39, 0.29) is 17.2 Å². The second kappa shape index (κ2) is 11.4. The fourth-order valence-electron chi connectivity index (χ4n) is 2.90. The summed E-state index contributed by atoms with van der Waals surface area (Å²) in [6.07, 6.45) is 4.28. The van der Waals surface area contributed by atoms with Gasteiger partial charge in [0.15, 0.2) is 0 Å². The summed E-state index contributed by atoms with van der Waals surface area (Å²) in [5, 5.41) is 8.47. The average molecular weight is 486 g/mol. The van der Waals surface area contributed by atoms with Crippen LogP contribution >= 0.6 is 11.3 Å². The highest BCUT2D eigenvalue weighted by Gasteiger charge is 2.15. The van der Waals surface area contributed by atoms with E-state index < -0.39 is 17.8 Å². The summed E-state index contributed by atoms with van der Waals surface area (Å²) in [5.41, 5.74) is 3.29. The van der Waals surface area contributed by atoms with Crippen LogP contribution in [-0.4, -0.2) is 24.0 Å². The highest BCUT2D eigenvalue weighted by Crippen LogP contribution is 2.18. The van der Waals surface area contributed by atoms with Crippen LogP contribution in [0.3, 0.4) is 0 Å². The number of benzene rings is 2. The second-order valence-electron chi connectivity index (χ2n) is 7.00. The Hall–Kier alpha value is -4.76. The Bertz CT molecular complexity index is 1360. The number of carbonyl (C=O) groups is 3. The summed E-state index contributed by atoms with van der Waals surface area (Å²) in [7, 11) is 0. The summed E-state index contributed by atoms with van der Waals surface area (Å²) in [6, 6.07) is 22.0. The van der Waals surface area contributed by atoms with Crippen LogP contribution in [0, 0.1) is 0 Å². The SMILES string of the molecule is O=C(NN=Cc1ccccc1OC(=O)c1ccco1)C(=Cc1cccs1)NC(=O)c1ccccc1. The van der Waals surface area contributed by atoms with Gasteiger partial charge in [-0.1, -0.05) is 36.4 Å². The molecule has 0 fully saturated rings.